The van der Waals surface area contributed by atoms with Gasteiger partial charge in [0.05, 0.1) is 38.4 Å². The number of rotatable bonds is 6. The monoisotopic (exact) mass is 538 g/mol. The third-order valence-electron chi connectivity index (χ3n) is 7.08. The number of halogens is 5. The van der Waals surface area contributed by atoms with Crippen LogP contribution in [0.2, 0.25) is 0 Å². The standard InChI is InChI=1S/C23H23F5N8O2/c1-12(23(26,27)28)36-17-7-13(3-4-16(17)31-33-36)15-5-6-35-19(15)20(37-2)30-21(32-35)29-18-8-34(11-22(18,24)25)14-9-38-10-14/h3-7,12,14,18H,8-11H2,1-2H3,(H,29,32)/t12-,18+/m0/s1. The number of anilines is 1. The number of aromatic nitrogens is 6. The van der Waals surface area contributed by atoms with E-state index in [0.29, 0.717) is 35.4 Å². The average molecular weight is 538 g/mol. The lowest BCUT2D eigenvalue weighted by atomic mass is 10.1. The minimum absolute atomic E-state index is 0.0272. The Balaban J connectivity index is 1.34. The Hall–Kier alpha value is -3.59. The number of nitrogens with zero attached hydrogens (tertiary/aromatic N) is 7. The lowest BCUT2D eigenvalue weighted by molar-refractivity contribution is -0.164. The quantitative estimate of drug-likeness (QED) is 0.374. The molecule has 0 aliphatic carbocycles. The highest BCUT2D eigenvalue weighted by Gasteiger charge is 2.51. The summed E-state index contributed by atoms with van der Waals surface area (Å²) in [5, 5.41) is 14.6. The van der Waals surface area contributed by atoms with Gasteiger partial charge in [0.2, 0.25) is 11.8 Å². The summed E-state index contributed by atoms with van der Waals surface area (Å²) in [6, 6.07) is 3.41. The van der Waals surface area contributed by atoms with Gasteiger partial charge in [0.25, 0.3) is 5.92 Å². The maximum atomic E-state index is 14.7. The van der Waals surface area contributed by atoms with E-state index in [0.717, 1.165) is 11.6 Å². The van der Waals surface area contributed by atoms with E-state index in [1.54, 1.807) is 35.4 Å². The zero-order chi connectivity index (χ0) is 26.8. The van der Waals surface area contributed by atoms with Gasteiger partial charge in [-0.3, -0.25) is 4.90 Å². The van der Waals surface area contributed by atoms with E-state index < -0.39 is 24.2 Å². The van der Waals surface area contributed by atoms with Crippen molar-refractivity contribution >= 4 is 22.5 Å². The van der Waals surface area contributed by atoms with E-state index >= 15 is 0 Å². The highest BCUT2D eigenvalue weighted by Crippen LogP contribution is 2.36. The van der Waals surface area contributed by atoms with Gasteiger partial charge >= 0.3 is 6.18 Å². The first kappa shape index (κ1) is 24.7. The molecule has 202 valence electrons. The number of hydrogen-bond donors (Lipinski definition) is 1. The summed E-state index contributed by atoms with van der Waals surface area (Å²) >= 11 is 0. The first-order valence-corrected chi connectivity index (χ1v) is 11.9. The molecule has 0 unspecified atom stereocenters. The van der Waals surface area contributed by atoms with Crippen LogP contribution in [-0.2, 0) is 4.74 Å². The van der Waals surface area contributed by atoms with Gasteiger partial charge in [-0.1, -0.05) is 11.3 Å². The number of likely N-dealkylation sites (tertiary alicyclic amines) is 1. The molecule has 2 aliphatic rings. The summed E-state index contributed by atoms with van der Waals surface area (Å²) in [6.07, 6.45) is -2.90. The molecule has 3 aromatic heterocycles. The maximum absolute atomic E-state index is 14.7. The SMILES string of the molecule is COc1nc(N[C@@H]2CN(C3COC3)CC2(F)F)nn2ccc(-c3ccc4nnn([C@@H](C)C(F)(F)F)c4c3)c12. The molecule has 1 N–H and O–H groups in total. The lowest BCUT2D eigenvalue weighted by Crippen LogP contribution is -2.48. The number of alkyl halides is 5. The van der Waals surface area contributed by atoms with E-state index in [-0.39, 0.29) is 36.5 Å². The van der Waals surface area contributed by atoms with Crippen LogP contribution >= 0.6 is 0 Å². The van der Waals surface area contributed by atoms with Crippen LogP contribution in [0.1, 0.15) is 13.0 Å². The Morgan fingerprint density at radius 2 is 2.00 bits per heavy atom. The molecule has 2 saturated heterocycles. The van der Waals surface area contributed by atoms with Gasteiger partial charge in [0.15, 0.2) is 0 Å². The molecule has 0 saturated carbocycles. The van der Waals surface area contributed by atoms with Crippen molar-refractivity contribution < 1.29 is 31.4 Å². The molecule has 5 heterocycles. The molecular weight excluding hydrogens is 515 g/mol. The molecule has 2 fully saturated rings. The van der Waals surface area contributed by atoms with Crippen LogP contribution in [0.25, 0.3) is 27.7 Å². The van der Waals surface area contributed by atoms with Crippen molar-refractivity contribution in [3.63, 3.8) is 0 Å². The minimum atomic E-state index is -4.50. The number of hydrogen-bond acceptors (Lipinski definition) is 8. The highest BCUT2D eigenvalue weighted by molar-refractivity contribution is 5.89. The van der Waals surface area contributed by atoms with Crippen molar-refractivity contribution in [2.24, 2.45) is 0 Å². The van der Waals surface area contributed by atoms with Crippen LogP contribution in [0.4, 0.5) is 27.9 Å². The third kappa shape index (κ3) is 4.09. The fourth-order valence-corrected chi connectivity index (χ4v) is 4.79. The van der Waals surface area contributed by atoms with Gasteiger partial charge in [-0.2, -0.15) is 18.2 Å². The fourth-order valence-electron chi connectivity index (χ4n) is 4.79. The zero-order valence-electron chi connectivity index (χ0n) is 20.3. The molecule has 0 bridgehead atoms. The molecule has 0 amide bonds. The van der Waals surface area contributed by atoms with Crippen molar-refractivity contribution in [3.8, 4) is 17.0 Å². The average Bonchev–Trinajstić information content (AvgIpc) is 3.51. The Morgan fingerprint density at radius 1 is 1.21 bits per heavy atom. The largest absolute Gasteiger partial charge is 0.479 e. The van der Waals surface area contributed by atoms with Crippen LogP contribution in [0.3, 0.4) is 0 Å². The van der Waals surface area contributed by atoms with Crippen molar-refractivity contribution in [2.75, 3.05) is 38.7 Å². The van der Waals surface area contributed by atoms with Gasteiger partial charge in [0.1, 0.15) is 23.1 Å². The minimum Gasteiger partial charge on any atom is -0.479 e. The molecule has 15 heteroatoms. The topological polar surface area (TPSA) is 94.6 Å². The predicted molar refractivity (Wildman–Crippen MR) is 125 cm³/mol. The molecule has 6 rings (SSSR count). The summed E-state index contributed by atoms with van der Waals surface area (Å²) in [4.78, 5) is 6.02. The summed E-state index contributed by atoms with van der Waals surface area (Å²) < 4.78 is 82.4. The van der Waals surface area contributed by atoms with Gasteiger partial charge in [-0.05, 0) is 30.7 Å². The summed E-state index contributed by atoms with van der Waals surface area (Å²) in [6.45, 7) is 1.60. The van der Waals surface area contributed by atoms with Gasteiger partial charge < -0.3 is 14.8 Å². The van der Waals surface area contributed by atoms with E-state index in [1.165, 1.54) is 11.6 Å². The molecule has 2 atom stereocenters. The number of nitrogens with one attached hydrogen (secondary N) is 1. The lowest BCUT2D eigenvalue weighted by Gasteiger charge is -2.34. The smallest absolute Gasteiger partial charge is 0.410 e. The van der Waals surface area contributed by atoms with E-state index in [9.17, 15) is 22.0 Å². The first-order chi connectivity index (χ1) is 18.0. The maximum Gasteiger partial charge on any atom is 0.410 e. The predicted octanol–water partition coefficient (Wildman–Crippen LogP) is 3.40. The third-order valence-corrected chi connectivity index (χ3v) is 7.08. The molecule has 10 nitrogen and oxygen atoms in total. The van der Waals surface area contributed by atoms with Crippen LogP contribution in [-0.4, -0.2) is 92.1 Å². The van der Waals surface area contributed by atoms with Crippen LogP contribution < -0.4 is 10.1 Å². The zero-order valence-corrected chi connectivity index (χ0v) is 20.3. The van der Waals surface area contributed by atoms with Crippen molar-refractivity contribution in [2.45, 2.75) is 37.1 Å². The number of fused-ring (bicyclic) bond motifs is 2. The van der Waals surface area contributed by atoms with Crippen LogP contribution in [0.5, 0.6) is 5.88 Å². The van der Waals surface area contributed by atoms with Crippen LogP contribution in [0.15, 0.2) is 30.5 Å². The number of ether oxygens (including phenoxy) is 2. The van der Waals surface area contributed by atoms with E-state index in [2.05, 4.69) is 25.7 Å². The van der Waals surface area contributed by atoms with E-state index in [4.69, 9.17) is 9.47 Å². The second-order valence-electron chi connectivity index (χ2n) is 9.50. The van der Waals surface area contributed by atoms with E-state index in [1.807, 2.05) is 0 Å². The van der Waals surface area contributed by atoms with Gasteiger partial charge in [-0.25, -0.2) is 18.0 Å². The molecule has 0 spiro atoms. The molecule has 38 heavy (non-hydrogen) atoms. The Morgan fingerprint density at radius 3 is 2.68 bits per heavy atom. The summed E-state index contributed by atoms with van der Waals surface area (Å²) in [5.41, 5.74) is 2.07. The van der Waals surface area contributed by atoms with Crippen molar-refractivity contribution in [3.05, 3.63) is 30.5 Å². The highest BCUT2D eigenvalue weighted by atomic mass is 19.4. The summed E-state index contributed by atoms with van der Waals surface area (Å²) in [7, 11) is 1.39. The Kier molecular flexibility index (Phi) is 5.68. The van der Waals surface area contributed by atoms with Gasteiger partial charge in [-0.15, -0.1) is 10.2 Å². The Bertz CT molecular complexity index is 1500. The summed E-state index contributed by atoms with van der Waals surface area (Å²) in [5.74, 6) is -2.92. The Labute approximate surface area is 212 Å². The second kappa shape index (κ2) is 8.73. The normalized spacial score (nSPS) is 21.2. The number of benzene rings is 1. The van der Waals surface area contributed by atoms with Crippen molar-refractivity contribution in [1.82, 2.24) is 34.5 Å². The fraction of sp³-hybridized carbons (Fsp3) is 0.478. The molecule has 4 aromatic rings. The number of methoxy groups -OCH3 is 1. The van der Waals surface area contributed by atoms with Crippen molar-refractivity contribution in [1.29, 1.82) is 0 Å². The molecular formula is C23H23F5N8O2. The first-order valence-electron chi connectivity index (χ1n) is 11.9. The second-order valence-corrected chi connectivity index (χ2v) is 9.50. The van der Waals surface area contributed by atoms with Gasteiger partial charge in [0, 0.05) is 18.3 Å². The van der Waals surface area contributed by atoms with Crippen LogP contribution in [0, 0.1) is 0 Å². The molecule has 0 radical (unpaired) electrons. The molecule has 1 aromatic carbocycles. The molecule has 2 aliphatic heterocycles.